The van der Waals surface area contributed by atoms with Gasteiger partial charge in [-0.05, 0) is 50.4 Å². The Labute approximate surface area is 124 Å². The molecule has 2 N–H and O–H groups in total. The number of hydrogen-bond donors (Lipinski definition) is 1. The average molecular weight is 280 g/mol. The van der Waals surface area contributed by atoms with Crippen LogP contribution in [0.25, 0.3) is 0 Å². The second kappa shape index (κ2) is 7.44. The molecular formula is C17H32N2O. The molecular weight excluding hydrogens is 248 g/mol. The molecule has 1 amide bonds. The molecule has 0 aromatic heterocycles. The first kappa shape index (κ1) is 15.8. The van der Waals surface area contributed by atoms with Crippen LogP contribution in [0.3, 0.4) is 0 Å². The molecule has 20 heavy (non-hydrogen) atoms. The highest BCUT2D eigenvalue weighted by molar-refractivity contribution is 5.78. The molecule has 3 heteroatoms. The van der Waals surface area contributed by atoms with Gasteiger partial charge >= 0.3 is 0 Å². The molecule has 0 aromatic carbocycles. The molecule has 0 radical (unpaired) electrons. The molecule has 0 aromatic rings. The van der Waals surface area contributed by atoms with Gasteiger partial charge in [0.05, 0.1) is 0 Å². The first-order valence-corrected chi connectivity index (χ1v) is 8.66. The van der Waals surface area contributed by atoms with Gasteiger partial charge in [-0.1, -0.05) is 26.7 Å². The summed E-state index contributed by atoms with van der Waals surface area (Å²) in [6.07, 6.45) is 9.49. The molecule has 1 aliphatic carbocycles. The normalized spacial score (nSPS) is 33.5. The predicted molar refractivity (Wildman–Crippen MR) is 83.3 cm³/mol. The molecule has 1 heterocycles. The quantitative estimate of drug-likeness (QED) is 0.863. The van der Waals surface area contributed by atoms with E-state index < -0.39 is 0 Å². The summed E-state index contributed by atoms with van der Waals surface area (Å²) in [4.78, 5) is 14.9. The summed E-state index contributed by atoms with van der Waals surface area (Å²) in [5.74, 6) is 1.89. The van der Waals surface area contributed by atoms with E-state index in [0.717, 1.165) is 31.8 Å². The van der Waals surface area contributed by atoms with Gasteiger partial charge in [-0.15, -0.1) is 0 Å². The minimum Gasteiger partial charge on any atom is -0.342 e. The minimum atomic E-state index is 0.166. The molecule has 2 fully saturated rings. The molecule has 0 bridgehead atoms. The second-order valence-electron chi connectivity index (χ2n) is 7.01. The Bertz CT molecular complexity index is 318. The van der Waals surface area contributed by atoms with Crippen LogP contribution < -0.4 is 5.73 Å². The molecule has 1 aliphatic heterocycles. The third-order valence-corrected chi connectivity index (χ3v) is 5.59. The molecule has 116 valence electrons. The first-order valence-electron chi connectivity index (χ1n) is 8.66. The summed E-state index contributed by atoms with van der Waals surface area (Å²) in [5.41, 5.74) is 6.08. The van der Waals surface area contributed by atoms with E-state index in [-0.39, 0.29) is 5.92 Å². The van der Waals surface area contributed by atoms with Crippen molar-refractivity contribution in [2.45, 2.75) is 71.3 Å². The molecule has 1 saturated heterocycles. The maximum atomic E-state index is 12.7. The van der Waals surface area contributed by atoms with Crippen molar-refractivity contribution in [1.82, 2.24) is 4.90 Å². The number of hydrogen-bond acceptors (Lipinski definition) is 2. The van der Waals surface area contributed by atoms with Crippen molar-refractivity contribution in [1.29, 1.82) is 0 Å². The molecule has 4 unspecified atom stereocenters. The SMILES string of the molecule is CCC1CCCN(C(=O)C(C)C2CCCC(N)C2)CC1. The van der Waals surface area contributed by atoms with Crippen LogP contribution in [-0.4, -0.2) is 29.9 Å². The molecule has 2 aliphatic rings. The molecule has 1 saturated carbocycles. The Morgan fingerprint density at radius 1 is 1.20 bits per heavy atom. The Hall–Kier alpha value is -0.570. The zero-order chi connectivity index (χ0) is 14.5. The fourth-order valence-electron chi connectivity index (χ4n) is 4.00. The third kappa shape index (κ3) is 3.97. The van der Waals surface area contributed by atoms with Gasteiger partial charge in [-0.25, -0.2) is 0 Å². The largest absolute Gasteiger partial charge is 0.342 e. The van der Waals surface area contributed by atoms with Crippen LogP contribution in [0.5, 0.6) is 0 Å². The molecule has 4 atom stereocenters. The van der Waals surface area contributed by atoms with Gasteiger partial charge in [0.15, 0.2) is 0 Å². The van der Waals surface area contributed by atoms with E-state index in [1.165, 1.54) is 38.5 Å². The zero-order valence-corrected chi connectivity index (χ0v) is 13.3. The predicted octanol–water partition coefficient (Wildman–Crippen LogP) is 3.18. The van der Waals surface area contributed by atoms with E-state index in [2.05, 4.69) is 18.7 Å². The van der Waals surface area contributed by atoms with Crippen molar-refractivity contribution in [3.63, 3.8) is 0 Å². The number of nitrogens with two attached hydrogens (primary N) is 1. The number of rotatable bonds is 3. The summed E-state index contributed by atoms with van der Waals surface area (Å²) in [6, 6.07) is 0.317. The summed E-state index contributed by atoms with van der Waals surface area (Å²) in [6.45, 7) is 6.35. The van der Waals surface area contributed by atoms with E-state index in [0.29, 0.717) is 17.9 Å². The van der Waals surface area contributed by atoms with Crippen molar-refractivity contribution in [2.75, 3.05) is 13.1 Å². The van der Waals surface area contributed by atoms with Gasteiger partial charge in [0, 0.05) is 25.0 Å². The topological polar surface area (TPSA) is 46.3 Å². The van der Waals surface area contributed by atoms with Gasteiger partial charge in [0.25, 0.3) is 0 Å². The van der Waals surface area contributed by atoms with Crippen molar-refractivity contribution in [3.05, 3.63) is 0 Å². The Morgan fingerprint density at radius 2 is 2.00 bits per heavy atom. The highest BCUT2D eigenvalue weighted by atomic mass is 16.2. The highest BCUT2D eigenvalue weighted by Crippen LogP contribution is 2.31. The lowest BCUT2D eigenvalue weighted by molar-refractivity contribution is -0.137. The van der Waals surface area contributed by atoms with Crippen LogP contribution in [0.1, 0.15) is 65.2 Å². The number of carbonyl (C=O) groups excluding carboxylic acids is 1. The standard InChI is InChI=1S/C17H32N2O/c1-3-14-6-5-10-19(11-9-14)17(20)13(2)15-7-4-8-16(18)12-15/h13-16H,3-12,18H2,1-2H3. The summed E-state index contributed by atoms with van der Waals surface area (Å²) in [5, 5.41) is 0. The maximum absolute atomic E-state index is 12.7. The average Bonchev–Trinajstić information content (AvgIpc) is 2.71. The Morgan fingerprint density at radius 3 is 2.70 bits per heavy atom. The lowest BCUT2D eigenvalue weighted by Crippen LogP contribution is -2.41. The van der Waals surface area contributed by atoms with Gasteiger partial charge in [0.1, 0.15) is 0 Å². The number of nitrogens with zero attached hydrogens (tertiary/aromatic N) is 1. The van der Waals surface area contributed by atoms with Crippen molar-refractivity contribution in [3.8, 4) is 0 Å². The van der Waals surface area contributed by atoms with Crippen LogP contribution >= 0.6 is 0 Å². The molecule has 2 rings (SSSR count). The van der Waals surface area contributed by atoms with E-state index in [1.807, 2.05) is 0 Å². The molecule has 0 spiro atoms. The number of likely N-dealkylation sites (tertiary alicyclic amines) is 1. The van der Waals surface area contributed by atoms with Gasteiger partial charge in [0.2, 0.25) is 5.91 Å². The lowest BCUT2D eigenvalue weighted by Gasteiger charge is -2.33. The highest BCUT2D eigenvalue weighted by Gasteiger charge is 2.31. The van der Waals surface area contributed by atoms with Gasteiger partial charge in [-0.2, -0.15) is 0 Å². The van der Waals surface area contributed by atoms with E-state index in [9.17, 15) is 4.79 Å². The van der Waals surface area contributed by atoms with Gasteiger partial charge in [-0.3, -0.25) is 4.79 Å². The number of carbonyl (C=O) groups is 1. The fourth-order valence-corrected chi connectivity index (χ4v) is 4.00. The smallest absolute Gasteiger partial charge is 0.225 e. The Balaban J connectivity index is 1.89. The third-order valence-electron chi connectivity index (χ3n) is 5.59. The first-order chi connectivity index (χ1) is 9.61. The van der Waals surface area contributed by atoms with Gasteiger partial charge < -0.3 is 10.6 Å². The van der Waals surface area contributed by atoms with Crippen molar-refractivity contribution in [2.24, 2.45) is 23.5 Å². The zero-order valence-electron chi connectivity index (χ0n) is 13.3. The van der Waals surface area contributed by atoms with Crippen LogP contribution in [0.4, 0.5) is 0 Å². The minimum absolute atomic E-state index is 0.166. The van der Waals surface area contributed by atoms with Crippen LogP contribution in [0.2, 0.25) is 0 Å². The van der Waals surface area contributed by atoms with Crippen molar-refractivity contribution >= 4 is 5.91 Å². The second-order valence-corrected chi connectivity index (χ2v) is 7.01. The van der Waals surface area contributed by atoms with E-state index in [1.54, 1.807) is 0 Å². The van der Waals surface area contributed by atoms with Crippen LogP contribution in [0.15, 0.2) is 0 Å². The maximum Gasteiger partial charge on any atom is 0.225 e. The van der Waals surface area contributed by atoms with Crippen LogP contribution in [-0.2, 0) is 4.79 Å². The lowest BCUT2D eigenvalue weighted by atomic mass is 9.78. The van der Waals surface area contributed by atoms with E-state index in [4.69, 9.17) is 5.73 Å². The van der Waals surface area contributed by atoms with E-state index >= 15 is 0 Å². The fraction of sp³-hybridized carbons (Fsp3) is 0.941. The summed E-state index contributed by atoms with van der Waals surface area (Å²) >= 11 is 0. The summed E-state index contributed by atoms with van der Waals surface area (Å²) in [7, 11) is 0. The monoisotopic (exact) mass is 280 g/mol. The summed E-state index contributed by atoms with van der Waals surface area (Å²) < 4.78 is 0. The van der Waals surface area contributed by atoms with Crippen LogP contribution in [0, 0.1) is 17.8 Å². The molecule has 3 nitrogen and oxygen atoms in total. The van der Waals surface area contributed by atoms with Crippen molar-refractivity contribution < 1.29 is 4.79 Å². The Kier molecular flexibility index (Phi) is 5.88. The number of amides is 1.